The van der Waals surface area contributed by atoms with Crippen LogP contribution in [0.15, 0.2) is 105 Å². The normalized spacial score (nSPS) is 14.9. The number of hydrogen-bond acceptors (Lipinski definition) is 7. The Balaban J connectivity index is 1.28. The molecule has 42 heavy (non-hydrogen) atoms. The molecule has 2 heterocycles. The van der Waals surface area contributed by atoms with Gasteiger partial charge < -0.3 is 9.52 Å². The van der Waals surface area contributed by atoms with Gasteiger partial charge in [0.15, 0.2) is 0 Å². The third-order valence-corrected chi connectivity index (χ3v) is 9.02. The Hall–Kier alpha value is -4.50. The van der Waals surface area contributed by atoms with Crippen LogP contribution in [0.5, 0.6) is 5.75 Å². The molecule has 0 radical (unpaired) electrons. The van der Waals surface area contributed by atoms with Crippen molar-refractivity contribution in [2.24, 2.45) is 5.92 Å². The van der Waals surface area contributed by atoms with Crippen molar-refractivity contribution in [2.75, 3.05) is 4.72 Å². The maximum absolute atomic E-state index is 13.4. The highest BCUT2D eigenvalue weighted by Gasteiger charge is 2.37. The monoisotopic (exact) mass is 581 g/mol. The number of para-hydroxylation sites is 1. The van der Waals surface area contributed by atoms with Crippen LogP contribution in [-0.4, -0.2) is 23.5 Å². The molecule has 3 aromatic carbocycles. The molecule has 9 heteroatoms. The molecule has 5 aromatic rings. The van der Waals surface area contributed by atoms with E-state index in [9.17, 15) is 18.3 Å². The molecule has 0 bridgehead atoms. The van der Waals surface area contributed by atoms with Gasteiger partial charge in [0.1, 0.15) is 11.5 Å². The molecule has 1 aliphatic rings. The number of hydrogen-bond donors (Lipinski definition) is 2. The summed E-state index contributed by atoms with van der Waals surface area (Å²) in [4.78, 5) is 21.6. The van der Waals surface area contributed by atoms with Crippen molar-refractivity contribution in [3.05, 3.63) is 124 Å². The van der Waals surface area contributed by atoms with E-state index in [4.69, 9.17) is 4.42 Å². The summed E-state index contributed by atoms with van der Waals surface area (Å²) in [7, 11) is -4.08. The second kappa shape index (κ2) is 11.4. The lowest BCUT2D eigenvalue weighted by Crippen LogP contribution is -2.18. The second-order valence-corrected chi connectivity index (χ2v) is 12.4. The van der Waals surface area contributed by atoms with E-state index < -0.39 is 21.6 Å². The Morgan fingerprint density at radius 1 is 0.976 bits per heavy atom. The van der Waals surface area contributed by atoms with Crippen LogP contribution >= 0.6 is 0 Å². The maximum Gasteiger partial charge on any atom is 0.343 e. The van der Waals surface area contributed by atoms with Crippen LogP contribution in [0.4, 0.5) is 5.69 Å². The standard InChI is InChI=1S/C33H31N3O5S/c1-2-21(22-9-4-3-5-10-22)18-27-19-29(37)31(32(38)41-27)30(23-15-16-23)24-12-8-13-26(17-24)36-42(39,40)33-34-20-25-11-6-7-14-28(25)35-33/h3-14,17,19-21,23,30,36-37H,2,15-16,18H2,1H3. The van der Waals surface area contributed by atoms with Crippen molar-refractivity contribution >= 4 is 26.6 Å². The number of sulfonamides is 1. The molecule has 0 spiro atoms. The smallest absolute Gasteiger partial charge is 0.343 e. The highest BCUT2D eigenvalue weighted by Crippen LogP contribution is 2.48. The van der Waals surface area contributed by atoms with E-state index in [1.165, 1.54) is 6.20 Å². The zero-order chi connectivity index (χ0) is 29.3. The zero-order valence-corrected chi connectivity index (χ0v) is 23.9. The van der Waals surface area contributed by atoms with Gasteiger partial charge in [-0.2, -0.15) is 8.42 Å². The molecule has 1 aliphatic carbocycles. The number of anilines is 1. The predicted molar refractivity (Wildman–Crippen MR) is 161 cm³/mol. The minimum atomic E-state index is -4.08. The van der Waals surface area contributed by atoms with Gasteiger partial charge in [-0.05, 0) is 60.4 Å². The zero-order valence-electron chi connectivity index (χ0n) is 23.1. The summed E-state index contributed by atoms with van der Waals surface area (Å²) in [5.74, 6) is 0.177. The molecule has 2 atom stereocenters. The first-order chi connectivity index (χ1) is 20.3. The first-order valence-corrected chi connectivity index (χ1v) is 15.6. The fourth-order valence-electron chi connectivity index (χ4n) is 5.58. The van der Waals surface area contributed by atoms with Crippen molar-refractivity contribution < 1.29 is 17.9 Å². The van der Waals surface area contributed by atoms with Crippen LogP contribution in [0.25, 0.3) is 10.9 Å². The Kier molecular flexibility index (Phi) is 7.51. The van der Waals surface area contributed by atoms with E-state index in [-0.39, 0.29) is 28.3 Å². The molecule has 1 fully saturated rings. The van der Waals surface area contributed by atoms with Crippen molar-refractivity contribution in [1.82, 2.24) is 9.97 Å². The molecular weight excluding hydrogens is 550 g/mol. The Morgan fingerprint density at radius 3 is 2.45 bits per heavy atom. The second-order valence-electron chi connectivity index (χ2n) is 10.8. The summed E-state index contributed by atoms with van der Waals surface area (Å²) in [6.45, 7) is 2.08. The first-order valence-electron chi connectivity index (χ1n) is 14.1. The van der Waals surface area contributed by atoms with Gasteiger partial charge in [-0.1, -0.05) is 67.6 Å². The van der Waals surface area contributed by atoms with Gasteiger partial charge in [-0.3, -0.25) is 4.72 Å². The van der Waals surface area contributed by atoms with Gasteiger partial charge in [-0.15, -0.1) is 0 Å². The Morgan fingerprint density at radius 2 is 1.71 bits per heavy atom. The largest absolute Gasteiger partial charge is 0.507 e. The lowest BCUT2D eigenvalue weighted by atomic mass is 9.86. The number of rotatable bonds is 10. The Labute approximate surface area is 244 Å². The molecule has 2 aromatic heterocycles. The predicted octanol–water partition coefficient (Wildman–Crippen LogP) is 6.37. The van der Waals surface area contributed by atoms with E-state index in [0.29, 0.717) is 28.9 Å². The van der Waals surface area contributed by atoms with Gasteiger partial charge in [0, 0.05) is 35.7 Å². The summed E-state index contributed by atoms with van der Waals surface area (Å²) < 4.78 is 34.7. The van der Waals surface area contributed by atoms with Gasteiger partial charge in [0.05, 0.1) is 11.1 Å². The number of nitrogens with zero attached hydrogens (tertiary/aromatic N) is 2. The molecule has 214 valence electrons. The molecule has 6 rings (SSSR count). The van der Waals surface area contributed by atoms with Crippen molar-refractivity contribution in [2.45, 2.75) is 49.6 Å². The van der Waals surface area contributed by atoms with E-state index in [0.717, 1.165) is 30.2 Å². The molecule has 0 aliphatic heterocycles. The highest BCUT2D eigenvalue weighted by molar-refractivity contribution is 7.92. The number of fused-ring (bicyclic) bond motifs is 1. The molecule has 2 N–H and O–H groups in total. The average Bonchev–Trinajstić information content (AvgIpc) is 3.83. The number of benzene rings is 3. The first kappa shape index (κ1) is 27.7. The molecule has 8 nitrogen and oxygen atoms in total. The number of aromatic nitrogens is 2. The third-order valence-electron chi connectivity index (χ3n) is 7.84. The fourth-order valence-corrected chi connectivity index (χ4v) is 6.51. The quantitative estimate of drug-likeness (QED) is 0.184. The topological polar surface area (TPSA) is 122 Å². The van der Waals surface area contributed by atoms with Crippen LogP contribution in [0.1, 0.15) is 60.5 Å². The summed E-state index contributed by atoms with van der Waals surface area (Å²) in [6, 6.07) is 25.6. The molecule has 1 saturated carbocycles. The SMILES string of the molecule is CCC(Cc1cc(O)c(C(c2cccc(NS(=O)(=O)c3ncc4ccccc4n3)c2)C2CC2)c(=O)o1)c1ccccc1. The van der Waals surface area contributed by atoms with Crippen LogP contribution in [0, 0.1) is 5.92 Å². The number of nitrogens with one attached hydrogen (secondary N) is 1. The van der Waals surface area contributed by atoms with E-state index >= 15 is 0 Å². The van der Waals surface area contributed by atoms with E-state index in [2.05, 4.69) is 33.7 Å². The highest BCUT2D eigenvalue weighted by atomic mass is 32.2. The lowest BCUT2D eigenvalue weighted by Gasteiger charge is -2.20. The van der Waals surface area contributed by atoms with Gasteiger partial charge in [0.2, 0.25) is 0 Å². The van der Waals surface area contributed by atoms with E-state index in [1.54, 1.807) is 36.4 Å². The summed E-state index contributed by atoms with van der Waals surface area (Å²) in [6.07, 6.45) is 4.60. The third kappa shape index (κ3) is 5.78. The maximum atomic E-state index is 13.4. The van der Waals surface area contributed by atoms with Crippen molar-refractivity contribution in [1.29, 1.82) is 0 Å². The Bertz CT molecular complexity index is 1900. The van der Waals surface area contributed by atoms with Crippen LogP contribution in [0.3, 0.4) is 0 Å². The molecular formula is C33H31N3O5S. The van der Waals surface area contributed by atoms with Crippen LogP contribution in [0.2, 0.25) is 0 Å². The molecule has 0 saturated heterocycles. The summed E-state index contributed by atoms with van der Waals surface area (Å²) in [5.41, 5.74) is 2.32. The average molecular weight is 582 g/mol. The number of aromatic hydroxyl groups is 1. The molecule has 0 amide bonds. The van der Waals surface area contributed by atoms with Gasteiger partial charge in [-0.25, -0.2) is 14.8 Å². The van der Waals surface area contributed by atoms with Crippen LogP contribution < -0.4 is 10.3 Å². The summed E-state index contributed by atoms with van der Waals surface area (Å²) >= 11 is 0. The lowest BCUT2D eigenvalue weighted by molar-refractivity contribution is 0.395. The molecule has 2 unspecified atom stereocenters. The van der Waals surface area contributed by atoms with E-state index in [1.807, 2.05) is 36.4 Å². The van der Waals surface area contributed by atoms with Crippen LogP contribution in [-0.2, 0) is 16.4 Å². The van der Waals surface area contributed by atoms with Crippen molar-refractivity contribution in [3.63, 3.8) is 0 Å². The summed E-state index contributed by atoms with van der Waals surface area (Å²) in [5, 5.41) is 11.5. The fraction of sp³-hybridized carbons (Fsp3) is 0.242. The van der Waals surface area contributed by atoms with Gasteiger partial charge in [0.25, 0.3) is 15.2 Å². The van der Waals surface area contributed by atoms with Gasteiger partial charge >= 0.3 is 5.63 Å². The minimum absolute atomic E-state index is 0.100. The minimum Gasteiger partial charge on any atom is -0.507 e. The van der Waals surface area contributed by atoms with Crippen molar-refractivity contribution in [3.8, 4) is 5.75 Å².